The molecule has 164 valence electrons. The molecule has 0 unspecified atom stereocenters. The Morgan fingerprint density at radius 1 is 0.667 bits per heavy atom. The molecule has 0 aliphatic rings. The predicted molar refractivity (Wildman–Crippen MR) is 130 cm³/mol. The van der Waals surface area contributed by atoms with Crippen molar-refractivity contribution >= 4 is 11.7 Å². The number of hydrogen-bond acceptors (Lipinski definition) is 4. The van der Waals surface area contributed by atoms with Gasteiger partial charge in [0.05, 0.1) is 12.3 Å². The summed E-state index contributed by atoms with van der Waals surface area (Å²) in [5.41, 5.74) is 4.05. The van der Waals surface area contributed by atoms with Crippen molar-refractivity contribution in [3.05, 3.63) is 144 Å². The van der Waals surface area contributed by atoms with Crippen LogP contribution in [-0.4, -0.2) is 29.4 Å². The van der Waals surface area contributed by atoms with Crippen LogP contribution < -0.4 is 0 Å². The lowest BCUT2D eigenvalue weighted by atomic mass is 10.0. The van der Waals surface area contributed by atoms with Gasteiger partial charge in [0.15, 0.2) is 12.1 Å². The Morgan fingerprint density at radius 2 is 1.06 bits per heavy atom. The molecule has 4 aromatic carbocycles. The van der Waals surface area contributed by atoms with E-state index in [4.69, 9.17) is 4.74 Å². The van der Waals surface area contributed by atoms with Gasteiger partial charge in [0, 0.05) is 11.1 Å². The smallest absolute Gasteiger partial charge is 0.334 e. The number of aliphatic hydroxyl groups excluding tert-OH is 1. The summed E-state index contributed by atoms with van der Waals surface area (Å²) in [4.78, 5) is 17.9. The third-order valence-electron chi connectivity index (χ3n) is 5.26. The number of ether oxygens (including phenoxy) is 1. The van der Waals surface area contributed by atoms with Crippen LogP contribution in [0, 0.1) is 0 Å². The standard InChI is InChI=1S/C29H25NO3/c31-21-26(30-27(22-13-5-1-6-14-22)23-15-7-2-8-16-23)29(32)33-28(24-17-9-3-10-18-24)25-19-11-4-12-20-25/h1-20,26,28,31H,21H2/t26-/m1/s1. The van der Waals surface area contributed by atoms with Crippen LogP contribution in [0.2, 0.25) is 0 Å². The van der Waals surface area contributed by atoms with E-state index in [1.807, 2.05) is 121 Å². The van der Waals surface area contributed by atoms with Crippen molar-refractivity contribution in [1.82, 2.24) is 0 Å². The molecule has 1 N–H and O–H groups in total. The second-order valence-electron chi connectivity index (χ2n) is 7.55. The maximum absolute atomic E-state index is 13.2. The van der Waals surface area contributed by atoms with Crippen LogP contribution in [0.1, 0.15) is 28.4 Å². The summed E-state index contributed by atoms with van der Waals surface area (Å²) in [6.45, 7) is -0.460. The van der Waals surface area contributed by atoms with Gasteiger partial charge < -0.3 is 9.84 Å². The molecule has 4 rings (SSSR count). The Kier molecular flexibility index (Phi) is 7.41. The van der Waals surface area contributed by atoms with Crippen LogP contribution in [0.3, 0.4) is 0 Å². The molecule has 0 aliphatic heterocycles. The minimum absolute atomic E-state index is 0.460. The van der Waals surface area contributed by atoms with E-state index in [0.29, 0.717) is 5.71 Å². The topological polar surface area (TPSA) is 58.9 Å². The molecule has 0 aromatic heterocycles. The van der Waals surface area contributed by atoms with Gasteiger partial charge in [0.2, 0.25) is 0 Å². The molecule has 0 fully saturated rings. The Labute approximate surface area is 193 Å². The zero-order valence-corrected chi connectivity index (χ0v) is 18.1. The van der Waals surface area contributed by atoms with E-state index < -0.39 is 24.7 Å². The largest absolute Gasteiger partial charge is 0.451 e. The van der Waals surface area contributed by atoms with Crippen LogP contribution in [0.15, 0.2) is 126 Å². The number of carbonyl (C=O) groups excluding carboxylic acids is 1. The first kappa shape index (κ1) is 22.2. The van der Waals surface area contributed by atoms with E-state index in [-0.39, 0.29) is 0 Å². The Balaban J connectivity index is 1.68. The van der Waals surface area contributed by atoms with Gasteiger partial charge in [-0.15, -0.1) is 0 Å². The van der Waals surface area contributed by atoms with Crippen LogP contribution in [0.25, 0.3) is 0 Å². The molecule has 0 spiro atoms. The summed E-state index contributed by atoms with van der Waals surface area (Å²) in [5.74, 6) is -0.584. The minimum atomic E-state index is -1.06. The first-order chi connectivity index (χ1) is 16.3. The van der Waals surface area contributed by atoms with Crippen molar-refractivity contribution in [3.8, 4) is 0 Å². The maximum Gasteiger partial charge on any atom is 0.334 e. The molecule has 0 saturated carbocycles. The van der Waals surface area contributed by atoms with E-state index in [1.54, 1.807) is 0 Å². The molecule has 0 heterocycles. The van der Waals surface area contributed by atoms with E-state index in [1.165, 1.54) is 0 Å². The predicted octanol–water partition coefficient (Wildman–Crippen LogP) is 5.22. The number of aliphatic imine (C=N–C) groups is 1. The maximum atomic E-state index is 13.2. The van der Waals surface area contributed by atoms with E-state index >= 15 is 0 Å². The van der Waals surface area contributed by atoms with Gasteiger partial charge in [-0.25, -0.2) is 4.79 Å². The van der Waals surface area contributed by atoms with E-state index in [9.17, 15) is 9.90 Å². The summed E-state index contributed by atoms with van der Waals surface area (Å²) < 4.78 is 5.94. The lowest BCUT2D eigenvalue weighted by Gasteiger charge is -2.21. The minimum Gasteiger partial charge on any atom is -0.451 e. The fourth-order valence-electron chi connectivity index (χ4n) is 3.61. The molecule has 33 heavy (non-hydrogen) atoms. The number of hydrogen-bond donors (Lipinski definition) is 1. The number of carbonyl (C=O) groups is 1. The van der Waals surface area contributed by atoms with Gasteiger partial charge in [-0.3, -0.25) is 4.99 Å². The van der Waals surface area contributed by atoms with Gasteiger partial charge in [0.25, 0.3) is 0 Å². The molecule has 0 aliphatic carbocycles. The van der Waals surface area contributed by atoms with Gasteiger partial charge in [-0.05, 0) is 11.1 Å². The van der Waals surface area contributed by atoms with Crippen molar-refractivity contribution in [1.29, 1.82) is 0 Å². The van der Waals surface area contributed by atoms with Crippen LogP contribution in [0.4, 0.5) is 0 Å². The summed E-state index contributed by atoms with van der Waals surface area (Å²) in [5, 5.41) is 10.1. The first-order valence-corrected chi connectivity index (χ1v) is 10.9. The molecular weight excluding hydrogens is 410 g/mol. The average Bonchev–Trinajstić information content (AvgIpc) is 2.90. The number of benzene rings is 4. The third-order valence-corrected chi connectivity index (χ3v) is 5.26. The highest BCUT2D eigenvalue weighted by Gasteiger charge is 2.26. The fourth-order valence-corrected chi connectivity index (χ4v) is 3.61. The monoisotopic (exact) mass is 435 g/mol. The second-order valence-corrected chi connectivity index (χ2v) is 7.55. The second kappa shape index (κ2) is 11.0. The number of nitrogens with zero attached hydrogens (tertiary/aromatic N) is 1. The van der Waals surface area contributed by atoms with Crippen molar-refractivity contribution in [2.24, 2.45) is 4.99 Å². The third kappa shape index (κ3) is 5.62. The molecule has 0 amide bonds. The first-order valence-electron chi connectivity index (χ1n) is 10.9. The van der Waals surface area contributed by atoms with Crippen LogP contribution >= 0.6 is 0 Å². The van der Waals surface area contributed by atoms with Crippen molar-refractivity contribution < 1.29 is 14.6 Å². The molecule has 4 aromatic rings. The molecular formula is C29H25NO3. The van der Waals surface area contributed by atoms with Crippen LogP contribution in [0.5, 0.6) is 0 Å². The Bertz CT molecular complexity index is 1100. The molecule has 0 radical (unpaired) electrons. The Morgan fingerprint density at radius 3 is 1.45 bits per heavy atom. The number of aliphatic hydroxyl groups is 1. The highest BCUT2D eigenvalue weighted by Crippen LogP contribution is 2.27. The highest BCUT2D eigenvalue weighted by atomic mass is 16.5. The fraction of sp³-hybridized carbons (Fsp3) is 0.103. The summed E-state index contributed by atoms with van der Waals surface area (Å²) in [7, 11) is 0. The van der Waals surface area contributed by atoms with E-state index in [0.717, 1.165) is 22.3 Å². The van der Waals surface area contributed by atoms with Crippen LogP contribution in [-0.2, 0) is 9.53 Å². The van der Waals surface area contributed by atoms with E-state index in [2.05, 4.69) is 4.99 Å². The molecule has 4 nitrogen and oxygen atoms in total. The van der Waals surface area contributed by atoms with Crippen molar-refractivity contribution in [2.75, 3.05) is 6.61 Å². The summed E-state index contributed by atoms with van der Waals surface area (Å²) in [6.07, 6.45) is -0.596. The van der Waals surface area contributed by atoms with Crippen molar-refractivity contribution in [2.45, 2.75) is 12.1 Å². The Hall–Kier alpha value is -4.02. The molecule has 4 heteroatoms. The number of rotatable bonds is 8. The van der Waals surface area contributed by atoms with Crippen molar-refractivity contribution in [3.63, 3.8) is 0 Å². The lowest BCUT2D eigenvalue weighted by molar-refractivity contribution is -0.150. The zero-order valence-electron chi connectivity index (χ0n) is 18.1. The number of esters is 1. The summed E-state index contributed by atoms with van der Waals surface area (Å²) in [6, 6.07) is 37.3. The highest BCUT2D eigenvalue weighted by molar-refractivity contribution is 6.13. The van der Waals surface area contributed by atoms with Gasteiger partial charge >= 0.3 is 5.97 Å². The normalized spacial score (nSPS) is 11.6. The zero-order chi connectivity index (χ0) is 22.9. The average molecular weight is 436 g/mol. The molecule has 0 bridgehead atoms. The molecule has 0 saturated heterocycles. The quantitative estimate of drug-likeness (QED) is 0.305. The summed E-state index contributed by atoms with van der Waals surface area (Å²) >= 11 is 0. The van der Waals surface area contributed by atoms with Gasteiger partial charge in [-0.1, -0.05) is 121 Å². The lowest BCUT2D eigenvalue weighted by Crippen LogP contribution is -2.29. The molecule has 1 atom stereocenters. The van der Waals surface area contributed by atoms with Gasteiger partial charge in [-0.2, -0.15) is 0 Å². The van der Waals surface area contributed by atoms with Gasteiger partial charge in [0.1, 0.15) is 0 Å². The SMILES string of the molecule is O=C(OC(c1ccccc1)c1ccccc1)[C@@H](CO)N=C(c1ccccc1)c1ccccc1.